The van der Waals surface area contributed by atoms with E-state index in [4.69, 9.17) is 23.7 Å². The van der Waals surface area contributed by atoms with Crippen LogP contribution in [0.25, 0.3) is 0 Å². The van der Waals surface area contributed by atoms with Gasteiger partial charge in [0.1, 0.15) is 23.9 Å². The van der Waals surface area contributed by atoms with Crippen LogP contribution in [0, 0.1) is 17.8 Å². The number of hydrogen-bond donors (Lipinski definition) is 1. The molecule has 10 heteroatoms. The highest BCUT2D eigenvalue weighted by atomic mass is 16.6. The molecule has 36 heavy (non-hydrogen) atoms. The number of epoxide rings is 1. The first-order valence-corrected chi connectivity index (χ1v) is 11.8. The van der Waals surface area contributed by atoms with Crippen LogP contribution in [0.4, 0.5) is 0 Å². The van der Waals surface area contributed by atoms with E-state index in [0.717, 1.165) is 5.57 Å². The number of ether oxygens (including phenoxy) is 5. The molecule has 194 valence electrons. The highest BCUT2D eigenvalue weighted by Crippen LogP contribution is 2.58. The molecule has 10 nitrogen and oxygen atoms in total. The first-order chi connectivity index (χ1) is 17.1. The van der Waals surface area contributed by atoms with Crippen molar-refractivity contribution >= 4 is 23.9 Å². The van der Waals surface area contributed by atoms with Crippen LogP contribution >= 0.6 is 0 Å². The van der Waals surface area contributed by atoms with E-state index in [2.05, 4.69) is 6.58 Å². The second-order valence-electron chi connectivity index (χ2n) is 9.47. The first kappa shape index (κ1) is 25.8. The molecule has 2 saturated heterocycles. The van der Waals surface area contributed by atoms with E-state index < -0.39 is 60.3 Å². The Morgan fingerprint density at radius 2 is 1.89 bits per heavy atom. The van der Waals surface area contributed by atoms with E-state index in [1.165, 1.54) is 26.0 Å². The lowest BCUT2D eigenvalue weighted by Gasteiger charge is -2.31. The summed E-state index contributed by atoms with van der Waals surface area (Å²) in [7, 11) is 0. The lowest BCUT2D eigenvalue weighted by atomic mass is 9.77. The molecule has 0 amide bonds. The Morgan fingerprint density at radius 1 is 1.19 bits per heavy atom. The van der Waals surface area contributed by atoms with Gasteiger partial charge in [0.05, 0.1) is 24.7 Å². The van der Waals surface area contributed by atoms with Crippen molar-refractivity contribution in [2.75, 3.05) is 13.2 Å². The van der Waals surface area contributed by atoms with E-state index >= 15 is 0 Å². The summed E-state index contributed by atoms with van der Waals surface area (Å²) in [6, 6.07) is 0. The van der Waals surface area contributed by atoms with Crippen molar-refractivity contribution in [3.63, 3.8) is 0 Å². The Kier molecular flexibility index (Phi) is 6.94. The maximum atomic E-state index is 13.1. The second-order valence-corrected chi connectivity index (χ2v) is 9.47. The van der Waals surface area contributed by atoms with Crippen LogP contribution in [0.2, 0.25) is 0 Å². The zero-order chi connectivity index (χ0) is 26.4. The molecule has 0 aromatic rings. The van der Waals surface area contributed by atoms with E-state index in [-0.39, 0.29) is 35.2 Å². The van der Waals surface area contributed by atoms with Gasteiger partial charge in [0.15, 0.2) is 0 Å². The van der Waals surface area contributed by atoms with Crippen LogP contribution in [0.15, 0.2) is 47.3 Å². The SMILES string of the molecule is C=C1C(=O)O[C@@H]2[C@H]3C(C)=C[C@@H](OC(C)=O)[C@H]3[C@@]3(CO3)C[C@@H](OC(=O)/C(=C\C)OC(=O)/C(=C/C)CO)[C@@H]12. The predicted octanol–water partition coefficient (Wildman–Crippen LogP) is 1.68. The second kappa shape index (κ2) is 9.67. The smallest absolute Gasteiger partial charge is 0.374 e. The third-order valence-electron chi connectivity index (χ3n) is 7.39. The molecule has 1 N–H and O–H groups in total. The summed E-state index contributed by atoms with van der Waals surface area (Å²) in [6.45, 7) is 9.98. The van der Waals surface area contributed by atoms with Crippen molar-refractivity contribution in [1.29, 1.82) is 0 Å². The normalized spacial score (nSPS) is 35.3. The molecule has 0 bridgehead atoms. The highest BCUT2D eigenvalue weighted by molar-refractivity contribution is 5.95. The van der Waals surface area contributed by atoms with Gasteiger partial charge in [-0.15, -0.1) is 0 Å². The fourth-order valence-electron chi connectivity index (χ4n) is 5.66. The number of carbonyl (C=O) groups excluding carboxylic acids is 4. The fourth-order valence-corrected chi connectivity index (χ4v) is 5.66. The van der Waals surface area contributed by atoms with E-state index in [1.807, 2.05) is 13.0 Å². The van der Waals surface area contributed by atoms with Crippen molar-refractivity contribution < 1.29 is 48.0 Å². The molecular weight excluding hydrogens is 472 g/mol. The summed E-state index contributed by atoms with van der Waals surface area (Å²) in [5.41, 5.74) is 0.282. The summed E-state index contributed by atoms with van der Waals surface area (Å²) < 4.78 is 28.2. The highest BCUT2D eigenvalue weighted by Gasteiger charge is 2.68. The molecule has 3 fully saturated rings. The van der Waals surface area contributed by atoms with Gasteiger partial charge >= 0.3 is 23.9 Å². The third-order valence-corrected chi connectivity index (χ3v) is 7.39. The van der Waals surface area contributed by atoms with Gasteiger partial charge in [-0.3, -0.25) is 4.79 Å². The van der Waals surface area contributed by atoms with Gasteiger partial charge in [-0.1, -0.05) is 18.2 Å². The molecule has 2 aliphatic carbocycles. The predicted molar refractivity (Wildman–Crippen MR) is 123 cm³/mol. The van der Waals surface area contributed by atoms with Crippen molar-refractivity contribution in [3.05, 3.63) is 47.3 Å². The summed E-state index contributed by atoms with van der Waals surface area (Å²) in [6.07, 6.45) is 2.56. The number of rotatable bonds is 6. The largest absolute Gasteiger partial charge is 0.458 e. The summed E-state index contributed by atoms with van der Waals surface area (Å²) in [5.74, 6) is -4.51. The number of carbonyl (C=O) groups is 4. The van der Waals surface area contributed by atoms with Crippen LogP contribution in [-0.4, -0.2) is 66.1 Å². The maximum absolute atomic E-state index is 13.1. The molecule has 0 aromatic heterocycles. The van der Waals surface area contributed by atoms with Crippen LogP contribution < -0.4 is 0 Å². The standard InChI is InChI=1S/C26H30O10/c1-6-15(10-27)24(30)34-16(7-2)25(31)35-18-9-26(11-32-26)21-17(33-14(5)28)8-12(3)19(21)22-20(18)13(4)23(29)36-22/h6-8,17-22,27H,4,9-11H2,1-3,5H3/b15-6+,16-7+/t17-,18-,19+,20-,21-,22-,26+/m1/s1. The lowest BCUT2D eigenvalue weighted by Crippen LogP contribution is -2.41. The lowest BCUT2D eigenvalue weighted by molar-refractivity contribution is -0.157. The summed E-state index contributed by atoms with van der Waals surface area (Å²) in [4.78, 5) is 49.7. The minimum absolute atomic E-state index is 0.0169. The molecule has 4 aliphatic rings. The molecule has 1 spiro atoms. The van der Waals surface area contributed by atoms with Gasteiger partial charge in [-0.25, -0.2) is 14.4 Å². The Morgan fingerprint density at radius 3 is 2.44 bits per heavy atom. The maximum Gasteiger partial charge on any atom is 0.374 e. The van der Waals surface area contributed by atoms with Gasteiger partial charge in [-0.05, 0) is 32.9 Å². The van der Waals surface area contributed by atoms with Gasteiger partial charge in [0, 0.05) is 30.8 Å². The molecule has 0 aromatic carbocycles. The molecule has 0 radical (unpaired) electrons. The molecule has 2 heterocycles. The van der Waals surface area contributed by atoms with Crippen molar-refractivity contribution in [3.8, 4) is 0 Å². The number of aliphatic hydroxyl groups is 1. The molecule has 1 saturated carbocycles. The van der Waals surface area contributed by atoms with Gasteiger partial charge < -0.3 is 28.8 Å². The van der Waals surface area contributed by atoms with Crippen LogP contribution in [-0.2, 0) is 42.9 Å². The van der Waals surface area contributed by atoms with Gasteiger partial charge in [-0.2, -0.15) is 0 Å². The zero-order valence-corrected chi connectivity index (χ0v) is 20.6. The van der Waals surface area contributed by atoms with E-state index in [0.29, 0.717) is 6.61 Å². The van der Waals surface area contributed by atoms with Gasteiger partial charge in [0.2, 0.25) is 5.76 Å². The van der Waals surface area contributed by atoms with Gasteiger partial charge in [0.25, 0.3) is 0 Å². The number of allylic oxidation sites excluding steroid dienone is 2. The monoisotopic (exact) mass is 502 g/mol. The number of hydrogen-bond acceptors (Lipinski definition) is 10. The average molecular weight is 503 g/mol. The molecule has 2 aliphatic heterocycles. The number of aliphatic hydroxyl groups excluding tert-OH is 1. The number of fused-ring (bicyclic) bond motifs is 4. The number of esters is 4. The molecule has 0 unspecified atom stereocenters. The third kappa shape index (κ3) is 4.39. The first-order valence-electron chi connectivity index (χ1n) is 11.8. The van der Waals surface area contributed by atoms with Crippen molar-refractivity contribution in [2.24, 2.45) is 17.8 Å². The Hall–Kier alpha value is -3.24. The Balaban J connectivity index is 1.64. The fraction of sp³-hybridized carbons (Fsp3) is 0.538. The summed E-state index contributed by atoms with van der Waals surface area (Å²) in [5, 5.41) is 9.30. The summed E-state index contributed by atoms with van der Waals surface area (Å²) >= 11 is 0. The quantitative estimate of drug-likeness (QED) is 0.143. The average Bonchev–Trinajstić information content (AvgIpc) is 3.45. The Labute approximate surface area is 208 Å². The van der Waals surface area contributed by atoms with Crippen LogP contribution in [0.5, 0.6) is 0 Å². The molecular formula is C26H30O10. The minimum atomic E-state index is -0.915. The molecule has 7 atom stereocenters. The molecule has 4 rings (SSSR count). The van der Waals surface area contributed by atoms with E-state index in [1.54, 1.807) is 6.92 Å². The van der Waals surface area contributed by atoms with Crippen LogP contribution in [0.3, 0.4) is 0 Å². The Bertz CT molecular complexity index is 1090. The topological polar surface area (TPSA) is 138 Å². The zero-order valence-electron chi connectivity index (χ0n) is 20.6. The van der Waals surface area contributed by atoms with Crippen molar-refractivity contribution in [1.82, 2.24) is 0 Å². The van der Waals surface area contributed by atoms with Crippen LogP contribution in [0.1, 0.15) is 34.1 Å². The minimum Gasteiger partial charge on any atom is -0.458 e. The van der Waals surface area contributed by atoms with Crippen molar-refractivity contribution in [2.45, 2.75) is 58.0 Å². The van der Waals surface area contributed by atoms with E-state index in [9.17, 15) is 24.3 Å².